The molecule has 1 saturated heterocycles. The van der Waals surface area contributed by atoms with Gasteiger partial charge in [0.05, 0.1) is 7.11 Å². The van der Waals surface area contributed by atoms with Crippen LogP contribution in [0.5, 0.6) is 5.75 Å². The number of methoxy groups -OCH3 is 1. The molecule has 0 spiro atoms. The number of anilines is 2. The van der Waals surface area contributed by atoms with Crippen LogP contribution in [0.3, 0.4) is 0 Å². The monoisotopic (exact) mass is 480 g/mol. The van der Waals surface area contributed by atoms with Crippen molar-refractivity contribution in [1.29, 1.82) is 0 Å². The molecule has 0 saturated carbocycles. The van der Waals surface area contributed by atoms with Crippen LogP contribution in [-0.2, 0) is 9.59 Å². The fraction of sp³-hybridized carbons (Fsp3) is 0.444. The number of piperazine rings is 1. The summed E-state index contributed by atoms with van der Waals surface area (Å²) in [4.78, 5) is 43.4. The Morgan fingerprint density at radius 2 is 1.51 bits per heavy atom. The molecule has 0 unspecified atom stereocenters. The van der Waals surface area contributed by atoms with Crippen molar-refractivity contribution in [3.05, 3.63) is 54.1 Å². The lowest BCUT2D eigenvalue weighted by atomic mass is 10.1. The summed E-state index contributed by atoms with van der Waals surface area (Å²) >= 11 is 0. The summed E-state index contributed by atoms with van der Waals surface area (Å²) in [5, 5.41) is 2.89. The van der Waals surface area contributed by atoms with Gasteiger partial charge in [0, 0.05) is 55.1 Å². The van der Waals surface area contributed by atoms with E-state index in [2.05, 4.69) is 10.2 Å². The molecule has 0 atom stereocenters. The molecule has 188 valence electrons. The molecule has 0 radical (unpaired) electrons. The van der Waals surface area contributed by atoms with Crippen molar-refractivity contribution < 1.29 is 19.1 Å². The molecule has 0 aromatic heterocycles. The van der Waals surface area contributed by atoms with E-state index < -0.39 is 0 Å². The van der Waals surface area contributed by atoms with Gasteiger partial charge >= 0.3 is 0 Å². The van der Waals surface area contributed by atoms with Crippen molar-refractivity contribution in [1.82, 2.24) is 9.80 Å². The van der Waals surface area contributed by atoms with Gasteiger partial charge in [-0.25, -0.2) is 0 Å². The van der Waals surface area contributed by atoms with Crippen LogP contribution in [0, 0.1) is 5.92 Å². The molecule has 1 fully saturated rings. The molecule has 1 heterocycles. The van der Waals surface area contributed by atoms with Gasteiger partial charge in [0.25, 0.3) is 5.91 Å². The minimum absolute atomic E-state index is 0.0248. The maximum atomic E-state index is 12.8. The number of rotatable bonds is 8. The zero-order valence-electron chi connectivity index (χ0n) is 21.3. The number of nitrogens with zero attached hydrogens (tertiary/aromatic N) is 3. The summed E-state index contributed by atoms with van der Waals surface area (Å²) in [6, 6.07) is 14.8. The Morgan fingerprint density at radius 3 is 2.03 bits per heavy atom. The van der Waals surface area contributed by atoms with Crippen molar-refractivity contribution in [2.45, 2.75) is 33.7 Å². The van der Waals surface area contributed by atoms with E-state index in [0.29, 0.717) is 24.3 Å². The predicted molar refractivity (Wildman–Crippen MR) is 138 cm³/mol. The van der Waals surface area contributed by atoms with E-state index in [0.717, 1.165) is 24.5 Å². The van der Waals surface area contributed by atoms with Crippen LogP contribution in [0.15, 0.2) is 48.5 Å². The maximum absolute atomic E-state index is 12.8. The first kappa shape index (κ1) is 26.1. The largest absolute Gasteiger partial charge is 0.497 e. The number of carbonyl (C=O) groups is 3. The lowest BCUT2D eigenvalue weighted by Gasteiger charge is -2.36. The van der Waals surface area contributed by atoms with Gasteiger partial charge in [-0.15, -0.1) is 0 Å². The van der Waals surface area contributed by atoms with Gasteiger partial charge in [-0.3, -0.25) is 14.4 Å². The fourth-order valence-electron chi connectivity index (χ4n) is 4.04. The average Bonchev–Trinajstić information content (AvgIpc) is 2.87. The van der Waals surface area contributed by atoms with Crippen LogP contribution >= 0.6 is 0 Å². The highest BCUT2D eigenvalue weighted by molar-refractivity contribution is 5.95. The lowest BCUT2D eigenvalue weighted by molar-refractivity contribution is -0.139. The van der Waals surface area contributed by atoms with Crippen LogP contribution in [0.4, 0.5) is 11.4 Å². The van der Waals surface area contributed by atoms with Crippen LogP contribution in [0.1, 0.15) is 38.1 Å². The number of amides is 3. The molecular weight excluding hydrogens is 444 g/mol. The van der Waals surface area contributed by atoms with E-state index in [4.69, 9.17) is 4.74 Å². The summed E-state index contributed by atoms with van der Waals surface area (Å²) in [6.07, 6.45) is 0. The summed E-state index contributed by atoms with van der Waals surface area (Å²) < 4.78 is 5.16. The van der Waals surface area contributed by atoms with Gasteiger partial charge in [0.2, 0.25) is 11.8 Å². The summed E-state index contributed by atoms with van der Waals surface area (Å²) in [5.41, 5.74) is 2.39. The second kappa shape index (κ2) is 11.7. The van der Waals surface area contributed by atoms with Crippen molar-refractivity contribution in [3.63, 3.8) is 0 Å². The van der Waals surface area contributed by atoms with Crippen LogP contribution in [0.2, 0.25) is 0 Å². The van der Waals surface area contributed by atoms with E-state index in [9.17, 15) is 14.4 Å². The minimum atomic E-state index is -0.217. The summed E-state index contributed by atoms with van der Waals surface area (Å²) in [6.45, 7) is 10.3. The first-order chi connectivity index (χ1) is 16.7. The fourth-order valence-corrected chi connectivity index (χ4v) is 4.04. The predicted octanol–water partition coefficient (Wildman–Crippen LogP) is 3.49. The van der Waals surface area contributed by atoms with Gasteiger partial charge in [0.15, 0.2) is 0 Å². The molecule has 1 aliphatic heterocycles. The Labute approximate surface area is 207 Å². The van der Waals surface area contributed by atoms with E-state index in [1.807, 2.05) is 56.9 Å². The second-order valence-corrected chi connectivity index (χ2v) is 9.32. The quantitative estimate of drug-likeness (QED) is 0.626. The van der Waals surface area contributed by atoms with Gasteiger partial charge in [0.1, 0.15) is 12.3 Å². The van der Waals surface area contributed by atoms with Crippen molar-refractivity contribution in [2.24, 2.45) is 5.92 Å². The van der Waals surface area contributed by atoms with Crippen LogP contribution in [-0.4, -0.2) is 73.4 Å². The summed E-state index contributed by atoms with van der Waals surface area (Å²) in [5.74, 6) is 0.349. The number of hydrogen-bond acceptors (Lipinski definition) is 5. The number of carbonyl (C=O) groups excluding carboxylic acids is 3. The highest BCUT2D eigenvalue weighted by Gasteiger charge is 2.24. The Hall–Kier alpha value is -3.55. The Balaban J connectivity index is 1.52. The van der Waals surface area contributed by atoms with E-state index in [-0.39, 0.29) is 36.2 Å². The smallest absolute Gasteiger partial charge is 0.253 e. The van der Waals surface area contributed by atoms with Gasteiger partial charge < -0.3 is 24.8 Å². The lowest BCUT2D eigenvalue weighted by Crippen LogP contribution is -2.48. The summed E-state index contributed by atoms with van der Waals surface area (Å²) in [7, 11) is 1.60. The molecule has 8 nitrogen and oxygen atoms in total. The maximum Gasteiger partial charge on any atom is 0.253 e. The Bertz CT molecular complexity index is 1010. The molecule has 2 aromatic rings. The highest BCUT2D eigenvalue weighted by Crippen LogP contribution is 2.21. The second-order valence-electron chi connectivity index (χ2n) is 9.32. The van der Waals surface area contributed by atoms with Crippen LogP contribution in [0.25, 0.3) is 0 Å². The van der Waals surface area contributed by atoms with Crippen molar-refractivity contribution in [2.75, 3.05) is 50.1 Å². The minimum Gasteiger partial charge on any atom is -0.497 e. The molecule has 1 N–H and O–H groups in total. The SMILES string of the molecule is COc1ccc(C(=O)N2CCN(c3ccc(NC(=O)CN(C(=O)C(C)C)C(C)C)cc3)CC2)cc1. The van der Waals surface area contributed by atoms with Crippen molar-refractivity contribution >= 4 is 29.1 Å². The molecule has 2 aromatic carbocycles. The topological polar surface area (TPSA) is 82.2 Å². The van der Waals surface area contributed by atoms with E-state index in [1.54, 1.807) is 36.3 Å². The highest BCUT2D eigenvalue weighted by atomic mass is 16.5. The molecule has 3 amide bonds. The number of nitrogens with one attached hydrogen (secondary N) is 1. The van der Waals surface area contributed by atoms with E-state index >= 15 is 0 Å². The molecule has 8 heteroatoms. The number of benzene rings is 2. The third kappa shape index (κ3) is 6.74. The zero-order chi connectivity index (χ0) is 25.5. The Morgan fingerprint density at radius 1 is 0.914 bits per heavy atom. The van der Waals surface area contributed by atoms with Gasteiger partial charge in [-0.05, 0) is 62.4 Å². The zero-order valence-corrected chi connectivity index (χ0v) is 21.3. The first-order valence-electron chi connectivity index (χ1n) is 12.1. The molecule has 0 aliphatic carbocycles. The third-order valence-electron chi connectivity index (χ3n) is 6.13. The molecule has 35 heavy (non-hydrogen) atoms. The van der Waals surface area contributed by atoms with E-state index in [1.165, 1.54) is 0 Å². The van der Waals surface area contributed by atoms with Gasteiger partial charge in [-0.1, -0.05) is 13.8 Å². The van der Waals surface area contributed by atoms with Crippen molar-refractivity contribution in [3.8, 4) is 5.75 Å². The average molecular weight is 481 g/mol. The third-order valence-corrected chi connectivity index (χ3v) is 6.13. The molecule has 0 bridgehead atoms. The normalized spacial score (nSPS) is 13.7. The number of hydrogen-bond donors (Lipinski definition) is 1. The molecular formula is C27H36N4O4. The van der Waals surface area contributed by atoms with Crippen LogP contribution < -0.4 is 15.0 Å². The standard InChI is InChI=1S/C27H36N4O4/c1-19(2)26(33)31(20(3)4)18-25(32)28-22-8-10-23(11-9-22)29-14-16-30(17-15-29)27(34)21-6-12-24(35-5)13-7-21/h6-13,19-20H,14-18H2,1-5H3,(H,28,32). The number of ether oxygens (including phenoxy) is 1. The Kier molecular flexibility index (Phi) is 8.73. The first-order valence-corrected chi connectivity index (χ1v) is 12.1. The van der Waals surface area contributed by atoms with Gasteiger partial charge in [-0.2, -0.15) is 0 Å². The molecule has 1 aliphatic rings. The molecule has 3 rings (SSSR count).